The molecule has 3 unspecified atom stereocenters. The minimum absolute atomic E-state index is 0.0944. The lowest BCUT2D eigenvalue weighted by atomic mass is 10.1. The Morgan fingerprint density at radius 1 is 1.32 bits per heavy atom. The van der Waals surface area contributed by atoms with Crippen LogP contribution in [-0.2, 0) is 4.74 Å². The molecule has 0 saturated heterocycles. The second-order valence-corrected chi connectivity index (χ2v) is 7.71. The number of imidazole rings is 1. The summed E-state index contributed by atoms with van der Waals surface area (Å²) in [5.41, 5.74) is 0.410. The van der Waals surface area contributed by atoms with Gasteiger partial charge in [0.15, 0.2) is 11.2 Å². The standard InChI is InChI=1S/C18H22Cl2N2OS2/c1-2-3-4-5-15(24)18(25)23-16(13-6-8-14(19)9-7-13)17(20)22-11-10-21-12-22/h6-12,15-17,24H,2-5H2,1H3. The molecule has 0 aliphatic carbocycles. The number of hydrogen-bond acceptors (Lipinski definition) is 4. The van der Waals surface area contributed by atoms with Gasteiger partial charge < -0.3 is 9.30 Å². The molecule has 0 radical (unpaired) electrons. The first-order valence-electron chi connectivity index (χ1n) is 8.28. The van der Waals surface area contributed by atoms with E-state index in [1.165, 1.54) is 0 Å². The maximum Gasteiger partial charge on any atom is 0.173 e. The monoisotopic (exact) mass is 416 g/mol. The smallest absolute Gasteiger partial charge is 0.173 e. The number of unbranched alkanes of at least 4 members (excludes halogenated alkanes) is 2. The van der Waals surface area contributed by atoms with Crippen molar-refractivity contribution < 1.29 is 4.74 Å². The zero-order chi connectivity index (χ0) is 18.2. The Labute approximate surface area is 170 Å². The van der Waals surface area contributed by atoms with Gasteiger partial charge in [0.05, 0.1) is 11.6 Å². The third-order valence-corrected chi connectivity index (χ3v) is 5.61. The van der Waals surface area contributed by atoms with Crippen molar-refractivity contribution in [2.45, 2.75) is 49.5 Å². The van der Waals surface area contributed by atoms with Crippen LogP contribution in [0.3, 0.4) is 0 Å². The Hall–Kier alpha value is -0.750. The molecule has 0 saturated carbocycles. The zero-order valence-electron chi connectivity index (χ0n) is 14.0. The summed E-state index contributed by atoms with van der Waals surface area (Å²) >= 11 is 22.7. The Balaban J connectivity index is 2.14. The number of hydrogen-bond donors (Lipinski definition) is 1. The van der Waals surface area contributed by atoms with E-state index in [9.17, 15) is 0 Å². The summed E-state index contributed by atoms with van der Waals surface area (Å²) in [5.74, 6) is 0. The predicted molar refractivity (Wildman–Crippen MR) is 112 cm³/mol. The molecule has 3 nitrogen and oxygen atoms in total. The van der Waals surface area contributed by atoms with Gasteiger partial charge in [-0.3, -0.25) is 0 Å². The molecule has 25 heavy (non-hydrogen) atoms. The second-order valence-electron chi connectivity index (χ2n) is 5.80. The van der Waals surface area contributed by atoms with E-state index in [0.717, 1.165) is 31.2 Å². The molecule has 1 heterocycles. The summed E-state index contributed by atoms with van der Waals surface area (Å²) in [5, 5.41) is 1.03. The van der Waals surface area contributed by atoms with Crippen molar-refractivity contribution in [1.82, 2.24) is 9.55 Å². The molecule has 136 valence electrons. The van der Waals surface area contributed by atoms with E-state index < -0.39 is 11.6 Å². The molecule has 0 N–H and O–H groups in total. The molecule has 1 aromatic heterocycles. The van der Waals surface area contributed by atoms with E-state index in [0.29, 0.717) is 10.1 Å². The molecule has 2 aromatic rings. The molecule has 0 aliphatic heterocycles. The van der Waals surface area contributed by atoms with Crippen LogP contribution >= 0.6 is 48.0 Å². The minimum atomic E-state index is -0.488. The number of ether oxygens (including phenoxy) is 1. The van der Waals surface area contributed by atoms with Crippen LogP contribution in [-0.4, -0.2) is 19.9 Å². The number of halogens is 2. The van der Waals surface area contributed by atoms with Crippen molar-refractivity contribution in [3.05, 3.63) is 53.6 Å². The largest absolute Gasteiger partial charge is 0.474 e. The molecule has 1 aromatic carbocycles. The van der Waals surface area contributed by atoms with Crippen LogP contribution in [0.5, 0.6) is 0 Å². The van der Waals surface area contributed by atoms with Crippen LogP contribution in [0.1, 0.15) is 49.8 Å². The predicted octanol–water partition coefficient (Wildman–Crippen LogP) is 6.24. The average molecular weight is 417 g/mol. The van der Waals surface area contributed by atoms with Crippen molar-refractivity contribution >= 4 is 53.1 Å². The van der Waals surface area contributed by atoms with Crippen LogP contribution in [0, 0.1) is 0 Å². The third kappa shape index (κ3) is 6.17. The van der Waals surface area contributed by atoms with Crippen molar-refractivity contribution in [3.63, 3.8) is 0 Å². The zero-order valence-corrected chi connectivity index (χ0v) is 17.2. The number of thiocarbonyl (C=S) groups is 1. The number of nitrogens with zero attached hydrogens (tertiary/aromatic N) is 2. The Morgan fingerprint density at radius 3 is 2.64 bits per heavy atom. The highest BCUT2D eigenvalue weighted by Gasteiger charge is 2.27. The van der Waals surface area contributed by atoms with E-state index in [1.54, 1.807) is 23.3 Å². The van der Waals surface area contributed by atoms with Gasteiger partial charge in [0.1, 0.15) is 5.50 Å². The normalized spacial score (nSPS) is 14.7. The quantitative estimate of drug-likeness (QED) is 0.227. The molecule has 0 amide bonds. The van der Waals surface area contributed by atoms with Gasteiger partial charge in [-0.1, -0.05) is 61.5 Å². The van der Waals surface area contributed by atoms with Gasteiger partial charge in [-0.2, -0.15) is 12.6 Å². The summed E-state index contributed by atoms with van der Waals surface area (Å²) in [6.45, 7) is 2.17. The number of thiol groups is 1. The molecule has 2 rings (SSSR count). The van der Waals surface area contributed by atoms with Crippen LogP contribution in [0.25, 0.3) is 0 Å². The van der Waals surface area contributed by atoms with Gasteiger partial charge >= 0.3 is 0 Å². The highest BCUT2D eigenvalue weighted by Crippen LogP contribution is 2.35. The van der Waals surface area contributed by atoms with Gasteiger partial charge in [0.25, 0.3) is 0 Å². The summed E-state index contributed by atoms with van der Waals surface area (Å²) in [6, 6.07) is 7.42. The van der Waals surface area contributed by atoms with Crippen LogP contribution in [0.15, 0.2) is 43.0 Å². The SMILES string of the molecule is CCCCCC(S)C(=S)OC(c1ccc(Cl)cc1)C(Cl)n1ccnc1. The number of aromatic nitrogens is 2. The molecular formula is C18H22Cl2N2OS2. The summed E-state index contributed by atoms with van der Waals surface area (Å²) in [4.78, 5) is 4.05. The highest BCUT2D eigenvalue weighted by molar-refractivity contribution is 7.86. The Morgan fingerprint density at radius 2 is 2.04 bits per heavy atom. The van der Waals surface area contributed by atoms with Gasteiger partial charge in [-0.25, -0.2) is 4.98 Å². The highest BCUT2D eigenvalue weighted by atomic mass is 35.5. The lowest BCUT2D eigenvalue weighted by Crippen LogP contribution is -2.23. The Kier molecular flexibility index (Phi) is 8.56. The molecule has 0 fully saturated rings. The molecule has 3 atom stereocenters. The fraction of sp³-hybridized carbons (Fsp3) is 0.444. The summed E-state index contributed by atoms with van der Waals surface area (Å²) in [6.07, 6.45) is 8.96. The second kappa shape index (κ2) is 10.4. The number of rotatable bonds is 9. The first-order valence-corrected chi connectivity index (χ1v) is 10.0. The van der Waals surface area contributed by atoms with Crippen molar-refractivity contribution in [2.75, 3.05) is 0 Å². The van der Waals surface area contributed by atoms with E-state index >= 15 is 0 Å². The topological polar surface area (TPSA) is 27.1 Å². The van der Waals surface area contributed by atoms with Crippen molar-refractivity contribution in [3.8, 4) is 0 Å². The van der Waals surface area contributed by atoms with Gasteiger partial charge in [-0.15, -0.1) is 0 Å². The molecule has 7 heteroatoms. The van der Waals surface area contributed by atoms with Gasteiger partial charge in [0, 0.05) is 17.4 Å². The van der Waals surface area contributed by atoms with E-state index in [2.05, 4.69) is 24.5 Å². The molecule has 0 spiro atoms. The molecule has 0 aliphatic rings. The fourth-order valence-electron chi connectivity index (χ4n) is 2.42. The number of alkyl halides is 1. The Bertz CT molecular complexity index is 650. The lowest BCUT2D eigenvalue weighted by Gasteiger charge is -2.26. The maximum atomic E-state index is 6.64. The summed E-state index contributed by atoms with van der Waals surface area (Å²) in [7, 11) is 0. The van der Waals surface area contributed by atoms with Gasteiger partial charge in [-0.05, 0) is 36.3 Å². The fourth-order valence-corrected chi connectivity index (χ4v) is 3.32. The van der Waals surface area contributed by atoms with Crippen LogP contribution in [0.4, 0.5) is 0 Å². The van der Waals surface area contributed by atoms with Crippen LogP contribution in [0.2, 0.25) is 5.02 Å². The summed E-state index contributed by atoms with van der Waals surface area (Å²) < 4.78 is 7.87. The first-order chi connectivity index (χ1) is 12.0. The van der Waals surface area contributed by atoms with E-state index in [-0.39, 0.29) is 5.25 Å². The molecule has 0 bridgehead atoms. The first kappa shape index (κ1) is 20.6. The maximum absolute atomic E-state index is 6.64. The molecular weight excluding hydrogens is 395 g/mol. The minimum Gasteiger partial charge on any atom is -0.474 e. The van der Waals surface area contributed by atoms with Gasteiger partial charge in [0.2, 0.25) is 0 Å². The average Bonchev–Trinajstić information content (AvgIpc) is 3.14. The van der Waals surface area contributed by atoms with E-state index in [1.807, 2.05) is 24.3 Å². The van der Waals surface area contributed by atoms with Crippen LogP contribution < -0.4 is 0 Å². The third-order valence-electron chi connectivity index (χ3n) is 3.85. The van der Waals surface area contributed by atoms with Crippen molar-refractivity contribution in [2.24, 2.45) is 0 Å². The lowest BCUT2D eigenvalue weighted by molar-refractivity contribution is 0.163. The number of benzene rings is 1. The van der Waals surface area contributed by atoms with Crippen molar-refractivity contribution in [1.29, 1.82) is 0 Å². The van der Waals surface area contributed by atoms with E-state index in [4.69, 9.17) is 40.2 Å².